The van der Waals surface area contributed by atoms with Gasteiger partial charge in [0, 0.05) is 30.8 Å². The van der Waals surface area contributed by atoms with E-state index < -0.39 is 0 Å². The van der Waals surface area contributed by atoms with E-state index >= 15 is 0 Å². The number of aryl methyl sites for hydroxylation is 1. The third-order valence-electron chi connectivity index (χ3n) is 3.48. The molecule has 20 heavy (non-hydrogen) atoms. The molecule has 1 aliphatic rings. The standard InChI is InChI=1S/C15H21N3O2/c1-9-3-6-12(7-14(9)17-10(2)19)18-15(20)8-13(16)11-4-5-11/h3,6-7,11,13H,4-5,8,16H2,1-2H3,(H,17,19)(H,18,20). The molecule has 0 radical (unpaired) electrons. The van der Waals surface area contributed by atoms with Gasteiger partial charge in [-0.05, 0) is 43.4 Å². The minimum absolute atomic E-state index is 0.0461. The molecule has 108 valence electrons. The number of rotatable bonds is 5. The van der Waals surface area contributed by atoms with Crippen LogP contribution in [0.5, 0.6) is 0 Å². The monoisotopic (exact) mass is 275 g/mol. The van der Waals surface area contributed by atoms with Gasteiger partial charge in [-0.25, -0.2) is 0 Å². The first-order valence-electron chi connectivity index (χ1n) is 6.89. The smallest absolute Gasteiger partial charge is 0.225 e. The van der Waals surface area contributed by atoms with Gasteiger partial charge in [-0.15, -0.1) is 0 Å². The van der Waals surface area contributed by atoms with Crippen LogP contribution in [0.4, 0.5) is 11.4 Å². The van der Waals surface area contributed by atoms with E-state index in [9.17, 15) is 9.59 Å². The van der Waals surface area contributed by atoms with Crippen LogP contribution < -0.4 is 16.4 Å². The summed E-state index contributed by atoms with van der Waals surface area (Å²) < 4.78 is 0. The fourth-order valence-electron chi connectivity index (χ4n) is 2.14. The highest BCUT2D eigenvalue weighted by Crippen LogP contribution is 2.32. The zero-order chi connectivity index (χ0) is 14.7. The van der Waals surface area contributed by atoms with Crippen LogP contribution in [-0.4, -0.2) is 17.9 Å². The van der Waals surface area contributed by atoms with E-state index in [-0.39, 0.29) is 17.9 Å². The zero-order valence-electron chi connectivity index (χ0n) is 11.9. The molecule has 4 N–H and O–H groups in total. The van der Waals surface area contributed by atoms with Crippen LogP contribution in [0.25, 0.3) is 0 Å². The molecule has 1 unspecified atom stereocenters. The van der Waals surface area contributed by atoms with Gasteiger partial charge in [0.2, 0.25) is 11.8 Å². The molecule has 5 nitrogen and oxygen atoms in total. The molecule has 0 bridgehead atoms. The van der Waals surface area contributed by atoms with Gasteiger partial charge in [-0.2, -0.15) is 0 Å². The van der Waals surface area contributed by atoms with Crippen LogP contribution in [0, 0.1) is 12.8 Å². The number of anilines is 2. The Bertz CT molecular complexity index is 524. The van der Waals surface area contributed by atoms with Crippen LogP contribution in [-0.2, 0) is 9.59 Å². The van der Waals surface area contributed by atoms with Gasteiger partial charge < -0.3 is 16.4 Å². The summed E-state index contributed by atoms with van der Waals surface area (Å²) in [5, 5.41) is 5.57. The Morgan fingerprint density at radius 3 is 2.65 bits per heavy atom. The van der Waals surface area contributed by atoms with Crippen molar-refractivity contribution in [3.8, 4) is 0 Å². The molecule has 1 atom stereocenters. The molecule has 5 heteroatoms. The topological polar surface area (TPSA) is 84.2 Å². The lowest BCUT2D eigenvalue weighted by Crippen LogP contribution is -2.28. The summed E-state index contributed by atoms with van der Waals surface area (Å²) in [7, 11) is 0. The average molecular weight is 275 g/mol. The Morgan fingerprint density at radius 1 is 1.35 bits per heavy atom. The minimum Gasteiger partial charge on any atom is -0.327 e. The van der Waals surface area contributed by atoms with E-state index in [1.807, 2.05) is 19.1 Å². The molecule has 0 aliphatic heterocycles. The highest BCUT2D eigenvalue weighted by Gasteiger charge is 2.29. The second kappa shape index (κ2) is 6.05. The van der Waals surface area contributed by atoms with Crippen LogP contribution in [0.1, 0.15) is 31.7 Å². The van der Waals surface area contributed by atoms with E-state index in [4.69, 9.17) is 5.73 Å². The highest BCUT2D eigenvalue weighted by atomic mass is 16.2. The number of amides is 2. The first-order chi connectivity index (χ1) is 9.45. The van der Waals surface area contributed by atoms with Crippen molar-refractivity contribution >= 4 is 23.2 Å². The lowest BCUT2D eigenvalue weighted by molar-refractivity contribution is -0.116. The van der Waals surface area contributed by atoms with Gasteiger partial charge in [0.25, 0.3) is 0 Å². The molecule has 1 fully saturated rings. The van der Waals surface area contributed by atoms with Crippen LogP contribution in [0.2, 0.25) is 0 Å². The quantitative estimate of drug-likeness (QED) is 0.768. The van der Waals surface area contributed by atoms with Crippen LogP contribution in [0.15, 0.2) is 18.2 Å². The molecule has 0 spiro atoms. The number of hydrogen-bond donors (Lipinski definition) is 3. The third kappa shape index (κ3) is 4.06. The summed E-state index contributed by atoms with van der Waals surface area (Å²) in [6, 6.07) is 5.40. The molecular formula is C15H21N3O2. The van der Waals surface area contributed by atoms with Crippen molar-refractivity contribution in [1.82, 2.24) is 0 Å². The van der Waals surface area contributed by atoms with Crippen molar-refractivity contribution < 1.29 is 9.59 Å². The Hall–Kier alpha value is -1.88. The molecule has 1 saturated carbocycles. The van der Waals surface area contributed by atoms with Crippen molar-refractivity contribution in [2.75, 3.05) is 10.6 Å². The van der Waals surface area contributed by atoms with Crippen molar-refractivity contribution in [2.24, 2.45) is 11.7 Å². The van der Waals surface area contributed by atoms with Crippen molar-refractivity contribution in [1.29, 1.82) is 0 Å². The first kappa shape index (κ1) is 14.5. The van der Waals surface area contributed by atoms with Crippen LogP contribution >= 0.6 is 0 Å². The van der Waals surface area contributed by atoms with Gasteiger partial charge in [-0.3, -0.25) is 9.59 Å². The van der Waals surface area contributed by atoms with Crippen molar-refractivity contribution in [3.05, 3.63) is 23.8 Å². The van der Waals surface area contributed by atoms with Gasteiger partial charge in [0.05, 0.1) is 0 Å². The molecule has 2 amide bonds. The van der Waals surface area contributed by atoms with Crippen LogP contribution in [0.3, 0.4) is 0 Å². The molecule has 0 saturated heterocycles. The summed E-state index contributed by atoms with van der Waals surface area (Å²) in [6.45, 7) is 3.36. The minimum atomic E-state index is -0.132. The second-order valence-corrected chi connectivity index (χ2v) is 5.46. The van der Waals surface area contributed by atoms with E-state index in [0.717, 1.165) is 18.4 Å². The normalized spacial score (nSPS) is 15.6. The number of hydrogen-bond acceptors (Lipinski definition) is 3. The number of nitrogens with two attached hydrogens (primary N) is 1. The lowest BCUT2D eigenvalue weighted by atomic mass is 10.1. The molecule has 2 rings (SSSR count). The second-order valence-electron chi connectivity index (χ2n) is 5.46. The SMILES string of the molecule is CC(=O)Nc1cc(NC(=O)CC(N)C2CC2)ccc1C. The Kier molecular flexibility index (Phi) is 4.39. The molecule has 0 heterocycles. The Balaban J connectivity index is 1.97. The van der Waals surface area contributed by atoms with Crippen molar-refractivity contribution in [2.45, 2.75) is 39.2 Å². The predicted molar refractivity (Wildman–Crippen MR) is 79.4 cm³/mol. The molecular weight excluding hydrogens is 254 g/mol. The first-order valence-corrected chi connectivity index (χ1v) is 6.89. The maximum absolute atomic E-state index is 11.9. The summed E-state index contributed by atoms with van der Waals surface area (Å²) in [6.07, 6.45) is 2.60. The largest absolute Gasteiger partial charge is 0.327 e. The van der Waals surface area contributed by atoms with Gasteiger partial charge >= 0.3 is 0 Å². The number of nitrogens with one attached hydrogen (secondary N) is 2. The Morgan fingerprint density at radius 2 is 2.05 bits per heavy atom. The van der Waals surface area contributed by atoms with Gasteiger partial charge in [0.15, 0.2) is 0 Å². The fraction of sp³-hybridized carbons (Fsp3) is 0.467. The summed E-state index contributed by atoms with van der Waals surface area (Å²) >= 11 is 0. The highest BCUT2D eigenvalue weighted by molar-refractivity contribution is 5.94. The lowest BCUT2D eigenvalue weighted by Gasteiger charge is -2.12. The van der Waals surface area contributed by atoms with E-state index in [0.29, 0.717) is 23.7 Å². The summed E-state index contributed by atoms with van der Waals surface area (Å²) in [5.41, 5.74) is 8.27. The van der Waals surface area contributed by atoms with Gasteiger partial charge in [0.1, 0.15) is 0 Å². The number of benzene rings is 1. The van der Waals surface area contributed by atoms with E-state index in [1.54, 1.807) is 6.07 Å². The average Bonchev–Trinajstić information content (AvgIpc) is 3.16. The fourth-order valence-corrected chi connectivity index (χ4v) is 2.14. The molecule has 1 aromatic rings. The van der Waals surface area contributed by atoms with Gasteiger partial charge in [-0.1, -0.05) is 6.07 Å². The molecule has 1 aliphatic carbocycles. The van der Waals surface area contributed by atoms with Crippen molar-refractivity contribution in [3.63, 3.8) is 0 Å². The van der Waals surface area contributed by atoms with E-state index in [1.165, 1.54) is 6.92 Å². The maximum Gasteiger partial charge on any atom is 0.225 e. The molecule has 1 aromatic carbocycles. The predicted octanol–water partition coefficient (Wildman–Crippen LogP) is 2.02. The number of carbonyl (C=O) groups excluding carboxylic acids is 2. The zero-order valence-corrected chi connectivity index (χ0v) is 11.9. The molecule has 0 aromatic heterocycles. The Labute approximate surface area is 118 Å². The summed E-state index contributed by atoms with van der Waals surface area (Å²) in [5.74, 6) is 0.295. The van der Waals surface area contributed by atoms with E-state index in [2.05, 4.69) is 10.6 Å². The maximum atomic E-state index is 11.9. The number of carbonyl (C=O) groups is 2. The third-order valence-corrected chi connectivity index (χ3v) is 3.48. The summed E-state index contributed by atoms with van der Waals surface area (Å²) in [4.78, 5) is 23.0.